The molecular weight excluding hydrogens is 246 g/mol. The van der Waals surface area contributed by atoms with Gasteiger partial charge in [-0.25, -0.2) is 0 Å². The summed E-state index contributed by atoms with van der Waals surface area (Å²) in [5.41, 5.74) is 7.53. The van der Waals surface area contributed by atoms with Crippen LogP contribution in [0.15, 0.2) is 18.2 Å². The maximum Gasteiger partial charge on any atom is 0.101 e. The summed E-state index contributed by atoms with van der Waals surface area (Å²) in [4.78, 5) is 2.03. The van der Waals surface area contributed by atoms with Crippen molar-refractivity contribution >= 4 is 17.3 Å². The van der Waals surface area contributed by atoms with Crippen molar-refractivity contribution < 1.29 is 0 Å². The molecule has 0 heterocycles. The lowest BCUT2D eigenvalue weighted by Crippen LogP contribution is -2.32. The lowest BCUT2D eigenvalue weighted by atomic mass is 10.0. The third-order valence-corrected chi connectivity index (χ3v) is 3.38. The van der Waals surface area contributed by atoms with Gasteiger partial charge in [-0.15, -0.1) is 0 Å². The summed E-state index contributed by atoms with van der Waals surface area (Å²) in [5, 5.41) is 9.72. The summed E-state index contributed by atoms with van der Waals surface area (Å²) in [6.07, 6.45) is 0.894. The van der Waals surface area contributed by atoms with E-state index in [2.05, 4.69) is 19.9 Å². The van der Waals surface area contributed by atoms with Crippen LogP contribution in [0, 0.1) is 17.2 Å². The van der Waals surface area contributed by atoms with Gasteiger partial charge in [-0.05, 0) is 30.5 Å². The summed E-state index contributed by atoms with van der Waals surface area (Å²) < 4.78 is 0. The van der Waals surface area contributed by atoms with Crippen LogP contribution < -0.4 is 10.6 Å². The maximum atomic E-state index is 9.08. The third-order valence-electron chi connectivity index (χ3n) is 3.15. The smallest absolute Gasteiger partial charge is 0.101 e. The molecule has 18 heavy (non-hydrogen) atoms. The van der Waals surface area contributed by atoms with E-state index in [0.29, 0.717) is 16.5 Å². The second-order valence-electron chi connectivity index (χ2n) is 4.89. The zero-order chi connectivity index (χ0) is 13.7. The van der Waals surface area contributed by atoms with Gasteiger partial charge in [-0.3, -0.25) is 0 Å². The molecule has 0 fully saturated rings. The third kappa shape index (κ3) is 3.90. The fraction of sp³-hybridized carbons (Fsp3) is 0.500. The summed E-state index contributed by atoms with van der Waals surface area (Å²) in [7, 11) is 1.96. The van der Waals surface area contributed by atoms with E-state index >= 15 is 0 Å². The van der Waals surface area contributed by atoms with Crippen molar-refractivity contribution in [2.75, 3.05) is 18.5 Å². The number of benzene rings is 1. The number of nitriles is 1. The van der Waals surface area contributed by atoms with Crippen LogP contribution in [0.2, 0.25) is 5.02 Å². The molecule has 0 aliphatic heterocycles. The Morgan fingerprint density at radius 3 is 2.67 bits per heavy atom. The van der Waals surface area contributed by atoms with Gasteiger partial charge < -0.3 is 10.6 Å². The van der Waals surface area contributed by atoms with Crippen molar-refractivity contribution in [1.29, 1.82) is 5.26 Å². The standard InChI is InChI=1S/C14H20ClN3/c1-10(2)13(17)6-7-18(3)14-8-12(15)5-4-11(14)9-16/h4-5,8,10,13H,6-7,17H2,1-3H3. The number of halogens is 1. The van der Waals surface area contributed by atoms with Crippen LogP contribution >= 0.6 is 11.6 Å². The molecule has 0 bridgehead atoms. The van der Waals surface area contributed by atoms with Crippen molar-refractivity contribution in [3.8, 4) is 6.07 Å². The minimum atomic E-state index is 0.178. The van der Waals surface area contributed by atoms with Crippen LogP contribution in [-0.4, -0.2) is 19.6 Å². The first-order valence-electron chi connectivity index (χ1n) is 6.12. The van der Waals surface area contributed by atoms with Crippen LogP contribution in [0.5, 0.6) is 0 Å². The highest BCUT2D eigenvalue weighted by Crippen LogP contribution is 2.23. The first kappa shape index (κ1) is 14.8. The predicted octanol–water partition coefficient (Wildman–Crippen LogP) is 3.02. The van der Waals surface area contributed by atoms with Crippen LogP contribution in [0.3, 0.4) is 0 Å². The van der Waals surface area contributed by atoms with E-state index in [-0.39, 0.29) is 6.04 Å². The first-order valence-corrected chi connectivity index (χ1v) is 6.50. The van der Waals surface area contributed by atoms with Gasteiger partial charge >= 0.3 is 0 Å². The van der Waals surface area contributed by atoms with Gasteiger partial charge in [-0.2, -0.15) is 5.26 Å². The number of nitrogens with zero attached hydrogens (tertiary/aromatic N) is 2. The molecule has 0 aliphatic rings. The van der Waals surface area contributed by atoms with E-state index < -0.39 is 0 Å². The summed E-state index contributed by atoms with van der Waals surface area (Å²) in [6.45, 7) is 5.05. The molecule has 98 valence electrons. The van der Waals surface area contributed by atoms with Crippen molar-refractivity contribution in [2.24, 2.45) is 11.7 Å². The largest absolute Gasteiger partial charge is 0.373 e. The van der Waals surface area contributed by atoms with E-state index in [1.54, 1.807) is 12.1 Å². The zero-order valence-electron chi connectivity index (χ0n) is 11.2. The molecule has 1 rings (SSSR count). The lowest BCUT2D eigenvalue weighted by molar-refractivity contribution is 0.466. The van der Waals surface area contributed by atoms with Gasteiger partial charge in [0.2, 0.25) is 0 Å². The summed E-state index contributed by atoms with van der Waals surface area (Å²) in [6, 6.07) is 7.66. The predicted molar refractivity (Wildman–Crippen MR) is 76.9 cm³/mol. The Morgan fingerprint density at radius 1 is 1.44 bits per heavy atom. The van der Waals surface area contributed by atoms with Crippen molar-refractivity contribution in [3.63, 3.8) is 0 Å². The Labute approximate surface area is 114 Å². The number of anilines is 1. The van der Waals surface area contributed by atoms with Gasteiger partial charge in [0.1, 0.15) is 6.07 Å². The highest BCUT2D eigenvalue weighted by molar-refractivity contribution is 6.30. The Kier molecular flexibility index (Phi) is 5.46. The van der Waals surface area contributed by atoms with Gasteiger partial charge in [0, 0.05) is 24.7 Å². The average molecular weight is 266 g/mol. The second kappa shape index (κ2) is 6.63. The minimum absolute atomic E-state index is 0.178. The number of rotatable bonds is 5. The molecule has 0 saturated heterocycles. The molecule has 0 aliphatic carbocycles. The molecule has 4 heteroatoms. The molecule has 0 radical (unpaired) electrons. The van der Waals surface area contributed by atoms with Gasteiger partial charge in [0.05, 0.1) is 11.3 Å². The monoisotopic (exact) mass is 265 g/mol. The molecule has 1 unspecified atom stereocenters. The zero-order valence-corrected chi connectivity index (χ0v) is 11.9. The Balaban J connectivity index is 2.75. The maximum absolute atomic E-state index is 9.08. The summed E-state index contributed by atoms with van der Waals surface area (Å²) in [5.74, 6) is 0.466. The van der Waals surface area contributed by atoms with Crippen LogP contribution in [0.1, 0.15) is 25.8 Å². The van der Waals surface area contributed by atoms with Crippen LogP contribution in [0.25, 0.3) is 0 Å². The molecule has 0 aromatic heterocycles. The number of hydrogen-bond acceptors (Lipinski definition) is 3. The number of nitrogens with two attached hydrogens (primary N) is 1. The van der Waals surface area contributed by atoms with E-state index in [1.807, 2.05) is 18.0 Å². The molecule has 1 aromatic rings. The van der Waals surface area contributed by atoms with Crippen molar-refractivity contribution in [2.45, 2.75) is 26.3 Å². The summed E-state index contributed by atoms with van der Waals surface area (Å²) >= 11 is 5.97. The molecule has 0 amide bonds. The Bertz CT molecular complexity index is 437. The molecule has 2 N–H and O–H groups in total. The van der Waals surface area contributed by atoms with Crippen molar-refractivity contribution in [1.82, 2.24) is 0 Å². The molecule has 1 atom stereocenters. The molecular formula is C14H20ClN3. The highest BCUT2D eigenvalue weighted by Gasteiger charge is 2.12. The van der Waals surface area contributed by atoms with Gasteiger partial charge in [0.15, 0.2) is 0 Å². The molecule has 3 nitrogen and oxygen atoms in total. The Morgan fingerprint density at radius 2 is 2.11 bits per heavy atom. The fourth-order valence-corrected chi connectivity index (χ4v) is 1.88. The first-order chi connectivity index (χ1) is 8.45. The Hall–Kier alpha value is -1.24. The lowest BCUT2D eigenvalue weighted by Gasteiger charge is -2.24. The molecule has 0 spiro atoms. The highest BCUT2D eigenvalue weighted by atomic mass is 35.5. The topological polar surface area (TPSA) is 53.0 Å². The number of hydrogen-bond donors (Lipinski definition) is 1. The van der Waals surface area contributed by atoms with Crippen LogP contribution in [0.4, 0.5) is 5.69 Å². The normalized spacial score (nSPS) is 12.3. The van der Waals surface area contributed by atoms with Crippen LogP contribution in [-0.2, 0) is 0 Å². The quantitative estimate of drug-likeness (QED) is 0.890. The van der Waals surface area contributed by atoms with E-state index in [1.165, 1.54) is 0 Å². The van der Waals surface area contributed by atoms with Crippen molar-refractivity contribution in [3.05, 3.63) is 28.8 Å². The minimum Gasteiger partial charge on any atom is -0.373 e. The SMILES string of the molecule is CC(C)C(N)CCN(C)c1cc(Cl)ccc1C#N. The second-order valence-corrected chi connectivity index (χ2v) is 5.33. The van der Waals surface area contributed by atoms with Gasteiger partial charge in [-0.1, -0.05) is 25.4 Å². The van der Waals surface area contributed by atoms with E-state index in [4.69, 9.17) is 22.6 Å². The molecule has 1 aromatic carbocycles. The van der Waals surface area contributed by atoms with Gasteiger partial charge in [0.25, 0.3) is 0 Å². The fourth-order valence-electron chi connectivity index (χ4n) is 1.71. The van der Waals surface area contributed by atoms with E-state index in [9.17, 15) is 0 Å². The average Bonchev–Trinajstić information content (AvgIpc) is 2.35. The van der Waals surface area contributed by atoms with E-state index in [0.717, 1.165) is 18.7 Å². The molecule has 0 saturated carbocycles.